The standard InChI is InChI=1S/C35H41FN4O3/c1-4-33(24(2)41)38-23-31(18-25-10-6-5-7-11-25)39-34(42)28-19-27(32-13-9-8-12-26(32)22-37-3)20-29(21-28)35(43)40-16-14-30(36)15-17-40/h5-13,19-22,30-31,33,38H,4,14-18,23H2,1-3H3,(H,39,42)/t31-,33-/m0/s1. The van der Waals surface area contributed by atoms with Crippen LogP contribution in [0.25, 0.3) is 11.1 Å². The molecule has 2 atom stereocenters. The summed E-state index contributed by atoms with van der Waals surface area (Å²) in [6, 6.07) is 22.2. The molecule has 2 amide bonds. The van der Waals surface area contributed by atoms with E-state index in [1.54, 1.807) is 43.3 Å². The lowest BCUT2D eigenvalue weighted by Crippen LogP contribution is -2.47. The highest BCUT2D eigenvalue weighted by Gasteiger charge is 2.25. The SMILES string of the molecule is CC[C@H](NC[C@H](Cc1ccccc1)NC(=O)c1cc(C(=O)N2CCC(F)CC2)cc(-c2ccccc2C=NC)c1)C(C)=O. The molecule has 7 nitrogen and oxygen atoms in total. The molecule has 1 saturated heterocycles. The molecule has 0 unspecified atom stereocenters. The van der Waals surface area contributed by atoms with Gasteiger partial charge < -0.3 is 15.5 Å². The van der Waals surface area contributed by atoms with Gasteiger partial charge in [0, 0.05) is 55.6 Å². The maximum absolute atomic E-state index is 13.9. The molecule has 43 heavy (non-hydrogen) atoms. The molecule has 0 spiro atoms. The van der Waals surface area contributed by atoms with Crippen molar-refractivity contribution in [1.29, 1.82) is 0 Å². The normalized spacial score (nSPS) is 15.3. The quantitative estimate of drug-likeness (QED) is 0.284. The highest BCUT2D eigenvalue weighted by atomic mass is 19.1. The Labute approximate surface area is 253 Å². The fourth-order valence-electron chi connectivity index (χ4n) is 5.48. The van der Waals surface area contributed by atoms with Crippen molar-refractivity contribution in [3.05, 3.63) is 95.1 Å². The molecule has 1 fully saturated rings. The number of nitrogens with one attached hydrogen (secondary N) is 2. The minimum absolute atomic E-state index is 0.0502. The number of aliphatic imine (C=N–C) groups is 1. The van der Waals surface area contributed by atoms with E-state index in [0.717, 1.165) is 16.7 Å². The van der Waals surface area contributed by atoms with Crippen LogP contribution in [0.15, 0.2) is 77.8 Å². The zero-order valence-electron chi connectivity index (χ0n) is 25.2. The molecular weight excluding hydrogens is 543 g/mol. The summed E-state index contributed by atoms with van der Waals surface area (Å²) in [7, 11) is 1.69. The Morgan fingerprint density at radius 2 is 1.67 bits per heavy atom. The number of likely N-dealkylation sites (tertiary alicyclic amines) is 1. The Balaban J connectivity index is 1.68. The zero-order valence-corrected chi connectivity index (χ0v) is 25.2. The topological polar surface area (TPSA) is 90.9 Å². The van der Waals surface area contributed by atoms with Crippen molar-refractivity contribution in [2.45, 2.75) is 57.8 Å². The van der Waals surface area contributed by atoms with Gasteiger partial charge in [0.2, 0.25) is 0 Å². The predicted molar refractivity (Wildman–Crippen MR) is 170 cm³/mol. The van der Waals surface area contributed by atoms with Crippen molar-refractivity contribution in [2.75, 3.05) is 26.7 Å². The molecule has 4 rings (SSSR count). The number of piperidine rings is 1. The number of nitrogens with zero attached hydrogens (tertiary/aromatic N) is 2. The maximum atomic E-state index is 13.9. The second-order valence-corrected chi connectivity index (χ2v) is 11.1. The third-order valence-electron chi connectivity index (χ3n) is 7.86. The van der Waals surface area contributed by atoms with Crippen LogP contribution in [0.5, 0.6) is 0 Å². The van der Waals surface area contributed by atoms with Crippen LogP contribution in [-0.2, 0) is 11.2 Å². The molecule has 0 radical (unpaired) electrons. The van der Waals surface area contributed by atoms with E-state index in [2.05, 4.69) is 15.6 Å². The molecule has 0 aliphatic carbocycles. The molecule has 3 aromatic carbocycles. The number of hydrogen-bond acceptors (Lipinski definition) is 5. The Bertz CT molecular complexity index is 1430. The van der Waals surface area contributed by atoms with Crippen molar-refractivity contribution < 1.29 is 18.8 Å². The Morgan fingerprint density at radius 1 is 1.00 bits per heavy atom. The Hall–Kier alpha value is -4.17. The number of carbonyl (C=O) groups is 3. The summed E-state index contributed by atoms with van der Waals surface area (Å²) in [4.78, 5) is 45.4. The lowest BCUT2D eigenvalue weighted by Gasteiger charge is -2.29. The van der Waals surface area contributed by atoms with Gasteiger partial charge >= 0.3 is 0 Å². The first-order chi connectivity index (χ1) is 20.8. The van der Waals surface area contributed by atoms with Gasteiger partial charge in [-0.3, -0.25) is 19.4 Å². The van der Waals surface area contributed by atoms with Crippen LogP contribution in [0.4, 0.5) is 4.39 Å². The van der Waals surface area contributed by atoms with E-state index in [0.29, 0.717) is 62.0 Å². The van der Waals surface area contributed by atoms with E-state index in [4.69, 9.17) is 0 Å². The van der Waals surface area contributed by atoms with Crippen molar-refractivity contribution in [2.24, 2.45) is 4.99 Å². The van der Waals surface area contributed by atoms with Gasteiger partial charge in [0.15, 0.2) is 0 Å². The van der Waals surface area contributed by atoms with Crippen molar-refractivity contribution in [3.63, 3.8) is 0 Å². The molecule has 3 aromatic rings. The number of rotatable bonds is 12. The van der Waals surface area contributed by atoms with Crippen LogP contribution < -0.4 is 10.6 Å². The van der Waals surface area contributed by atoms with Gasteiger partial charge in [0.05, 0.1) is 6.04 Å². The van der Waals surface area contributed by atoms with Crippen LogP contribution in [0.1, 0.15) is 65.0 Å². The average Bonchev–Trinajstić information content (AvgIpc) is 3.02. The summed E-state index contributed by atoms with van der Waals surface area (Å²) in [5.74, 6) is -0.494. The molecule has 226 valence electrons. The highest BCUT2D eigenvalue weighted by molar-refractivity contribution is 6.02. The number of alkyl halides is 1. The van der Waals surface area contributed by atoms with E-state index in [9.17, 15) is 18.8 Å². The third-order valence-corrected chi connectivity index (χ3v) is 7.86. The average molecular weight is 585 g/mol. The first-order valence-corrected chi connectivity index (χ1v) is 15.0. The summed E-state index contributed by atoms with van der Waals surface area (Å²) in [6.07, 6.45) is 2.67. The highest BCUT2D eigenvalue weighted by Crippen LogP contribution is 2.27. The van der Waals surface area contributed by atoms with E-state index < -0.39 is 6.17 Å². The minimum atomic E-state index is -0.901. The molecular formula is C35H41FN4O3. The van der Waals surface area contributed by atoms with Crippen LogP contribution in [0.2, 0.25) is 0 Å². The van der Waals surface area contributed by atoms with Crippen LogP contribution in [0, 0.1) is 0 Å². The number of Topliss-reactive ketones (excluding diaryl/α,β-unsaturated/α-hetero) is 1. The first-order valence-electron chi connectivity index (χ1n) is 15.0. The number of amides is 2. The van der Waals surface area contributed by atoms with Gasteiger partial charge in [-0.15, -0.1) is 0 Å². The molecule has 0 saturated carbocycles. The molecule has 1 heterocycles. The van der Waals surface area contributed by atoms with Crippen LogP contribution >= 0.6 is 0 Å². The number of benzene rings is 3. The smallest absolute Gasteiger partial charge is 0.253 e. The first kappa shape index (κ1) is 31.8. The zero-order chi connectivity index (χ0) is 30.8. The summed E-state index contributed by atoms with van der Waals surface area (Å²) in [5.41, 5.74) is 4.20. The maximum Gasteiger partial charge on any atom is 0.253 e. The van der Waals surface area contributed by atoms with E-state index in [1.165, 1.54) is 0 Å². The fourth-order valence-corrected chi connectivity index (χ4v) is 5.48. The molecule has 0 aromatic heterocycles. The molecule has 0 bridgehead atoms. The monoisotopic (exact) mass is 584 g/mol. The number of ketones is 1. The van der Waals surface area contributed by atoms with E-state index >= 15 is 0 Å². The van der Waals surface area contributed by atoms with Crippen molar-refractivity contribution in [3.8, 4) is 11.1 Å². The van der Waals surface area contributed by atoms with Crippen LogP contribution in [0.3, 0.4) is 0 Å². The minimum Gasteiger partial charge on any atom is -0.348 e. The summed E-state index contributed by atoms with van der Waals surface area (Å²) < 4.78 is 13.8. The second kappa shape index (κ2) is 15.3. The number of halogens is 1. The third kappa shape index (κ3) is 8.67. The van der Waals surface area contributed by atoms with Gasteiger partial charge in [0.25, 0.3) is 11.8 Å². The van der Waals surface area contributed by atoms with Gasteiger partial charge in [-0.25, -0.2) is 4.39 Å². The number of carbonyl (C=O) groups excluding carboxylic acids is 3. The summed E-state index contributed by atoms with van der Waals surface area (Å²) in [6.45, 7) is 4.59. The second-order valence-electron chi connectivity index (χ2n) is 11.1. The largest absolute Gasteiger partial charge is 0.348 e. The lowest BCUT2D eigenvalue weighted by molar-refractivity contribution is -0.119. The summed E-state index contributed by atoms with van der Waals surface area (Å²) >= 11 is 0. The van der Waals surface area contributed by atoms with Crippen molar-refractivity contribution in [1.82, 2.24) is 15.5 Å². The number of hydrogen-bond donors (Lipinski definition) is 2. The molecule has 8 heteroatoms. The Morgan fingerprint density at radius 3 is 2.35 bits per heavy atom. The van der Waals surface area contributed by atoms with E-state index in [1.807, 2.05) is 61.5 Å². The lowest BCUT2D eigenvalue weighted by atomic mass is 9.95. The predicted octanol–water partition coefficient (Wildman–Crippen LogP) is 5.27. The van der Waals surface area contributed by atoms with Gasteiger partial charge in [-0.1, -0.05) is 61.5 Å². The fraction of sp³-hybridized carbons (Fsp3) is 0.371. The molecule has 2 N–H and O–H groups in total. The van der Waals surface area contributed by atoms with E-state index in [-0.39, 0.29) is 29.7 Å². The molecule has 1 aliphatic rings. The Kier molecular flexibility index (Phi) is 11.3. The van der Waals surface area contributed by atoms with Crippen molar-refractivity contribution >= 4 is 23.8 Å². The van der Waals surface area contributed by atoms with Gasteiger partial charge in [-0.05, 0) is 67.5 Å². The summed E-state index contributed by atoms with van der Waals surface area (Å²) in [5, 5.41) is 6.47. The van der Waals surface area contributed by atoms with Gasteiger partial charge in [0.1, 0.15) is 12.0 Å². The van der Waals surface area contributed by atoms with Crippen LogP contribution in [-0.4, -0.2) is 73.6 Å². The molecule has 1 aliphatic heterocycles. The van der Waals surface area contributed by atoms with Gasteiger partial charge in [-0.2, -0.15) is 0 Å².